The first-order valence-electron chi connectivity index (χ1n) is 16.7. The number of hydrogen-bond acceptors (Lipinski definition) is 16. The summed E-state index contributed by atoms with van der Waals surface area (Å²) in [7, 11) is 0. The molecular weight excluding hydrogens is 688 g/mol. The highest BCUT2D eigenvalue weighted by Gasteiger charge is 2.35. The zero-order chi connectivity index (χ0) is 40.3. The predicted molar refractivity (Wildman–Crippen MR) is 188 cm³/mol. The van der Waals surface area contributed by atoms with Gasteiger partial charge in [0.15, 0.2) is 0 Å². The summed E-state index contributed by atoms with van der Waals surface area (Å²) in [6, 6.07) is 0. The van der Waals surface area contributed by atoms with Gasteiger partial charge in [0.2, 0.25) is 0 Å². The fraction of sp³-hybridized carbons (Fsp3) is 0.667. The first-order valence-corrected chi connectivity index (χ1v) is 16.7. The first-order chi connectivity index (χ1) is 24.5. The van der Waals surface area contributed by atoms with Crippen molar-refractivity contribution in [3.63, 3.8) is 0 Å². The first kappa shape index (κ1) is 50.6. The molecule has 300 valence electrons. The van der Waals surface area contributed by atoms with E-state index in [0.29, 0.717) is 37.6 Å². The molecule has 0 aliphatic carbocycles. The van der Waals surface area contributed by atoms with E-state index >= 15 is 0 Å². The van der Waals surface area contributed by atoms with Crippen LogP contribution in [0.1, 0.15) is 41.5 Å². The molecule has 0 aromatic carbocycles. The molecule has 0 aliphatic heterocycles. The number of aliphatic hydroxyl groups is 6. The summed E-state index contributed by atoms with van der Waals surface area (Å²) in [5, 5.41) is 57.2. The van der Waals surface area contributed by atoms with Crippen molar-refractivity contribution >= 4 is 23.9 Å². The van der Waals surface area contributed by atoms with Gasteiger partial charge in [0.25, 0.3) is 0 Å². The maximum atomic E-state index is 12.2. The molecule has 0 rings (SSSR count). The zero-order valence-corrected chi connectivity index (χ0v) is 31.4. The molecule has 2 unspecified atom stereocenters. The molecule has 0 bridgehead atoms. The van der Waals surface area contributed by atoms with Crippen molar-refractivity contribution in [2.75, 3.05) is 92.5 Å². The Hall–Kier alpha value is -3.48. The smallest absolute Gasteiger partial charge is 0.333 e. The summed E-state index contributed by atoms with van der Waals surface area (Å²) in [4.78, 5) is 46.3. The van der Waals surface area contributed by atoms with Gasteiger partial charge in [-0.1, -0.05) is 39.2 Å². The van der Waals surface area contributed by atoms with Gasteiger partial charge >= 0.3 is 23.9 Å². The van der Waals surface area contributed by atoms with Gasteiger partial charge in [0.1, 0.15) is 26.4 Å². The summed E-state index contributed by atoms with van der Waals surface area (Å²) >= 11 is 0. The maximum absolute atomic E-state index is 12.2. The highest BCUT2D eigenvalue weighted by atomic mass is 16.6. The highest BCUT2D eigenvalue weighted by Crippen LogP contribution is 2.31. The Morgan fingerprint density at radius 3 is 1.00 bits per heavy atom. The molecule has 16 nitrogen and oxygen atoms in total. The predicted octanol–water partition coefficient (Wildman–Crippen LogP) is 0.422. The fourth-order valence-corrected chi connectivity index (χ4v) is 3.99. The van der Waals surface area contributed by atoms with E-state index in [1.54, 1.807) is 27.7 Å². The molecule has 0 saturated carbocycles. The lowest BCUT2D eigenvalue weighted by Crippen LogP contribution is -2.37. The van der Waals surface area contributed by atoms with E-state index in [0.717, 1.165) is 0 Å². The summed E-state index contributed by atoms with van der Waals surface area (Å²) < 4.78 is 30.1. The van der Waals surface area contributed by atoms with E-state index in [1.165, 1.54) is 26.0 Å². The van der Waals surface area contributed by atoms with Crippen molar-refractivity contribution in [2.45, 2.75) is 41.5 Å². The molecule has 0 radical (unpaired) electrons. The molecule has 52 heavy (non-hydrogen) atoms. The van der Waals surface area contributed by atoms with Crippen molar-refractivity contribution in [3.05, 3.63) is 47.6 Å². The summed E-state index contributed by atoms with van der Waals surface area (Å²) in [6.45, 7) is 14.9. The van der Waals surface area contributed by atoms with Gasteiger partial charge in [-0.25, -0.2) is 19.2 Å². The third-order valence-electron chi connectivity index (χ3n) is 7.88. The van der Waals surface area contributed by atoms with Crippen LogP contribution in [0.3, 0.4) is 0 Å². The van der Waals surface area contributed by atoms with Gasteiger partial charge in [-0.3, -0.25) is 0 Å². The second-order valence-corrected chi connectivity index (χ2v) is 12.2. The van der Waals surface area contributed by atoms with Crippen molar-refractivity contribution in [1.82, 2.24) is 0 Å². The van der Waals surface area contributed by atoms with E-state index in [-0.39, 0.29) is 50.8 Å². The molecule has 16 heteroatoms. The Kier molecular flexibility index (Phi) is 27.3. The molecule has 0 heterocycles. The molecule has 0 saturated heterocycles. The van der Waals surface area contributed by atoms with E-state index < -0.39 is 73.0 Å². The zero-order valence-electron chi connectivity index (χ0n) is 31.4. The number of hydrogen-bond donors (Lipinski definition) is 6. The maximum Gasteiger partial charge on any atom is 0.333 e. The minimum absolute atomic E-state index is 0.115. The average molecular weight is 749 g/mol. The monoisotopic (exact) mass is 748 g/mol. The normalized spacial score (nSPS) is 13.2. The Labute approximate surface area is 306 Å². The Balaban J connectivity index is 0. The molecule has 2 atom stereocenters. The third-order valence-corrected chi connectivity index (χ3v) is 7.88. The Morgan fingerprint density at radius 1 is 0.500 bits per heavy atom. The van der Waals surface area contributed by atoms with Crippen LogP contribution in [0.4, 0.5) is 0 Å². The van der Waals surface area contributed by atoms with Crippen LogP contribution >= 0.6 is 0 Å². The Bertz CT molecular complexity index is 1080. The number of carbonyl (C=O) groups excluding carboxylic acids is 4. The molecule has 0 fully saturated rings. The van der Waals surface area contributed by atoms with Gasteiger partial charge in [0.05, 0.1) is 52.9 Å². The minimum Gasteiger partial charge on any atom is -0.460 e. The summed E-state index contributed by atoms with van der Waals surface area (Å²) in [5.41, 5.74) is -1.43. The van der Waals surface area contributed by atoms with Crippen LogP contribution in [0.5, 0.6) is 0 Å². The molecule has 6 N–H and O–H groups in total. The third kappa shape index (κ3) is 19.4. The largest absolute Gasteiger partial charge is 0.460 e. The van der Waals surface area contributed by atoms with Crippen molar-refractivity contribution in [2.24, 2.45) is 22.7 Å². The van der Waals surface area contributed by atoms with E-state index in [4.69, 9.17) is 28.4 Å². The SMILES string of the molecule is C=C(C)C(=O)OCCOCCOCCOC(=O)C(=C)C.CC(=CC(CO)(CO)C(C)CO)C(=O)OCCOC(=O)C(C)=CC(CO)(CO)C(C)CO. The molecule has 0 amide bonds. The summed E-state index contributed by atoms with van der Waals surface area (Å²) in [6.07, 6.45) is 2.72. The van der Waals surface area contributed by atoms with Crippen LogP contribution in [0.25, 0.3) is 0 Å². The number of aliphatic hydroxyl groups excluding tert-OH is 6. The van der Waals surface area contributed by atoms with Gasteiger partial charge in [-0.05, 0) is 39.5 Å². The number of ether oxygens (including phenoxy) is 6. The highest BCUT2D eigenvalue weighted by molar-refractivity contribution is 5.89. The topological polar surface area (TPSA) is 245 Å². The molecule has 0 aliphatic rings. The second-order valence-electron chi connectivity index (χ2n) is 12.2. The van der Waals surface area contributed by atoms with Crippen LogP contribution in [0, 0.1) is 22.7 Å². The number of carbonyl (C=O) groups is 4. The lowest BCUT2D eigenvalue weighted by Gasteiger charge is -2.32. The molecule has 0 aromatic heterocycles. The van der Waals surface area contributed by atoms with Crippen LogP contribution in [0.2, 0.25) is 0 Å². The molecule has 0 spiro atoms. The minimum atomic E-state index is -1.19. The van der Waals surface area contributed by atoms with Gasteiger partial charge < -0.3 is 59.1 Å². The fourth-order valence-electron chi connectivity index (χ4n) is 3.99. The standard InChI is InChI=1S/C22H38O10.C14H22O6/c1-15(7-21(11-25,12-26)17(3)9-23)19(29)31-5-6-32-20(30)16(2)8-22(13-27,14-28)18(4)10-24;1-11(2)13(15)19-9-7-17-5-6-18-8-10-20-14(16)12(3)4/h7-8,17-18,23-28H,5-6,9-14H2,1-4H3;1,3,5-10H2,2,4H3. The quantitative estimate of drug-likeness (QED) is 0.0304. The number of esters is 4. The van der Waals surface area contributed by atoms with E-state index in [1.807, 2.05) is 0 Å². The van der Waals surface area contributed by atoms with Crippen LogP contribution in [0.15, 0.2) is 47.6 Å². The van der Waals surface area contributed by atoms with E-state index in [2.05, 4.69) is 13.2 Å². The van der Waals surface area contributed by atoms with Gasteiger partial charge in [-0.2, -0.15) is 0 Å². The van der Waals surface area contributed by atoms with Gasteiger partial charge in [-0.15, -0.1) is 0 Å². The van der Waals surface area contributed by atoms with Crippen molar-refractivity contribution in [3.8, 4) is 0 Å². The number of rotatable bonds is 26. The molecular formula is C36H60O16. The lowest BCUT2D eigenvalue weighted by molar-refractivity contribution is -0.147. The van der Waals surface area contributed by atoms with Gasteiger partial charge in [0, 0.05) is 46.3 Å². The van der Waals surface area contributed by atoms with Crippen molar-refractivity contribution in [1.29, 1.82) is 0 Å². The Morgan fingerprint density at radius 2 is 0.750 bits per heavy atom. The lowest BCUT2D eigenvalue weighted by atomic mass is 9.76. The molecule has 0 aromatic rings. The van der Waals surface area contributed by atoms with Crippen LogP contribution in [-0.4, -0.2) is 147 Å². The summed E-state index contributed by atoms with van der Waals surface area (Å²) in [5.74, 6) is -3.33. The van der Waals surface area contributed by atoms with Crippen LogP contribution < -0.4 is 0 Å². The van der Waals surface area contributed by atoms with E-state index in [9.17, 15) is 49.8 Å². The average Bonchev–Trinajstić information content (AvgIpc) is 3.14. The second kappa shape index (κ2) is 28.1. The van der Waals surface area contributed by atoms with Crippen LogP contribution in [-0.2, 0) is 47.6 Å². The van der Waals surface area contributed by atoms with Crippen molar-refractivity contribution < 1.29 is 78.2 Å².